The second-order valence-corrected chi connectivity index (χ2v) is 12.6. The van der Waals surface area contributed by atoms with E-state index in [0.29, 0.717) is 35.7 Å². The van der Waals surface area contributed by atoms with Crippen molar-refractivity contribution in [2.45, 2.75) is 75.9 Å². The third-order valence-corrected chi connectivity index (χ3v) is 10.4. The van der Waals surface area contributed by atoms with Crippen LogP contribution in [-0.4, -0.2) is 53.1 Å². The van der Waals surface area contributed by atoms with Crippen molar-refractivity contribution in [3.05, 3.63) is 24.0 Å². The van der Waals surface area contributed by atoms with Crippen molar-refractivity contribution in [2.24, 2.45) is 29.1 Å². The summed E-state index contributed by atoms with van der Waals surface area (Å²) in [6.07, 6.45) is 9.47. The fourth-order valence-electron chi connectivity index (χ4n) is 8.71. The number of hydrogen-bond donors (Lipinski definition) is 2. The molecule has 0 radical (unpaired) electrons. The monoisotopic (exact) mass is 481 g/mol. The highest BCUT2D eigenvalue weighted by molar-refractivity contribution is 5.94. The first-order valence-electron chi connectivity index (χ1n) is 13.7. The highest BCUT2D eigenvalue weighted by Crippen LogP contribution is 2.59. The minimum Gasteiger partial charge on any atom is -0.393 e. The van der Waals surface area contributed by atoms with Gasteiger partial charge in [-0.05, 0) is 100 Å². The molecule has 35 heavy (non-hydrogen) atoms. The van der Waals surface area contributed by atoms with Crippen molar-refractivity contribution in [1.82, 2.24) is 4.90 Å². The second-order valence-electron chi connectivity index (χ2n) is 12.6. The van der Waals surface area contributed by atoms with Crippen molar-refractivity contribution in [3.8, 4) is 0 Å². The van der Waals surface area contributed by atoms with Gasteiger partial charge >= 0.3 is 0 Å². The third-order valence-electron chi connectivity index (χ3n) is 10.4. The quantitative estimate of drug-likeness (QED) is 0.684. The van der Waals surface area contributed by atoms with Gasteiger partial charge < -0.3 is 20.2 Å². The van der Waals surface area contributed by atoms with Crippen molar-refractivity contribution in [2.75, 3.05) is 29.9 Å². The smallest absolute Gasteiger partial charge is 0.231 e. The summed E-state index contributed by atoms with van der Waals surface area (Å²) in [6.45, 7) is 2.09. The maximum atomic E-state index is 15.2. The van der Waals surface area contributed by atoms with Gasteiger partial charge in [-0.2, -0.15) is 0 Å². The Kier molecular flexibility index (Phi) is 4.84. The Morgan fingerprint density at radius 1 is 1.09 bits per heavy atom. The van der Waals surface area contributed by atoms with E-state index in [0.717, 1.165) is 77.3 Å². The van der Waals surface area contributed by atoms with Gasteiger partial charge in [0, 0.05) is 36.8 Å². The molecule has 6 nitrogen and oxygen atoms in total. The number of nitrogens with zero attached hydrogens (tertiary/aromatic N) is 2. The number of likely N-dealkylation sites (tertiary alicyclic amines) is 1. The Labute approximate surface area is 206 Å². The largest absolute Gasteiger partial charge is 0.393 e. The summed E-state index contributed by atoms with van der Waals surface area (Å²) in [6, 6.07) is 4.96. The summed E-state index contributed by atoms with van der Waals surface area (Å²) < 4.78 is 15.2. The summed E-state index contributed by atoms with van der Waals surface area (Å²) in [7, 11) is 0. The van der Waals surface area contributed by atoms with Crippen molar-refractivity contribution in [1.29, 1.82) is 0 Å². The summed E-state index contributed by atoms with van der Waals surface area (Å²) in [4.78, 5) is 30.4. The van der Waals surface area contributed by atoms with Gasteiger partial charge in [-0.25, -0.2) is 4.39 Å². The number of carbonyl (C=O) groups is 2. The Balaban J connectivity index is 1.09. The lowest BCUT2D eigenvalue weighted by Gasteiger charge is -2.61. The molecule has 2 heterocycles. The van der Waals surface area contributed by atoms with E-state index in [2.05, 4.69) is 15.1 Å². The van der Waals surface area contributed by atoms with Gasteiger partial charge in [0.15, 0.2) is 0 Å². The Morgan fingerprint density at radius 3 is 2.57 bits per heavy atom. The molecule has 5 saturated carbocycles. The highest BCUT2D eigenvalue weighted by Gasteiger charge is 2.62. The molecule has 4 bridgehead atoms. The van der Waals surface area contributed by atoms with Crippen molar-refractivity contribution in [3.63, 3.8) is 0 Å². The fourth-order valence-corrected chi connectivity index (χ4v) is 8.71. The van der Waals surface area contributed by atoms with Crippen LogP contribution in [0.4, 0.5) is 15.8 Å². The van der Waals surface area contributed by atoms with Crippen LogP contribution < -0.4 is 10.2 Å². The van der Waals surface area contributed by atoms with E-state index < -0.39 is 5.41 Å². The zero-order valence-electron chi connectivity index (χ0n) is 20.3. The maximum Gasteiger partial charge on any atom is 0.231 e. The average molecular weight is 482 g/mol. The summed E-state index contributed by atoms with van der Waals surface area (Å²) in [5, 5.41) is 13.5. The second kappa shape index (κ2) is 7.67. The molecule has 0 aromatic heterocycles. The lowest BCUT2D eigenvalue weighted by Crippen LogP contribution is -2.65. The average Bonchev–Trinajstić information content (AvgIpc) is 3.63. The molecule has 1 spiro atoms. The molecule has 3 unspecified atom stereocenters. The highest BCUT2D eigenvalue weighted by atomic mass is 19.1. The van der Waals surface area contributed by atoms with Crippen LogP contribution in [0.5, 0.6) is 0 Å². The summed E-state index contributed by atoms with van der Waals surface area (Å²) in [5.74, 6) is 1.33. The molecule has 188 valence electrons. The van der Waals surface area contributed by atoms with E-state index in [1.54, 1.807) is 12.1 Å². The first-order chi connectivity index (χ1) is 16.9. The first-order valence-corrected chi connectivity index (χ1v) is 13.7. The van der Waals surface area contributed by atoms with Gasteiger partial charge in [-0.15, -0.1) is 0 Å². The predicted molar refractivity (Wildman–Crippen MR) is 130 cm³/mol. The molecular weight excluding hydrogens is 445 g/mol. The summed E-state index contributed by atoms with van der Waals surface area (Å²) >= 11 is 0. The van der Waals surface area contributed by atoms with E-state index in [-0.39, 0.29) is 35.2 Å². The van der Waals surface area contributed by atoms with Crippen LogP contribution in [-0.2, 0) is 9.59 Å². The van der Waals surface area contributed by atoms with Gasteiger partial charge in [0.2, 0.25) is 11.8 Å². The van der Waals surface area contributed by atoms with Crippen LogP contribution in [0.2, 0.25) is 0 Å². The maximum absolute atomic E-state index is 15.2. The van der Waals surface area contributed by atoms with Crippen LogP contribution in [0.15, 0.2) is 18.2 Å². The van der Waals surface area contributed by atoms with Crippen LogP contribution >= 0.6 is 0 Å². The van der Waals surface area contributed by atoms with Gasteiger partial charge in [-0.1, -0.05) is 0 Å². The van der Waals surface area contributed by atoms with Crippen LogP contribution in [0.1, 0.15) is 64.2 Å². The molecule has 2 amide bonds. The SMILES string of the molecule is O=C(Nc1ccc(N2CCCC3(CCN(C45CC6CC(C4)C(O)C(C6)C5)C3=O)C2)c(F)c1)C1CC1. The van der Waals surface area contributed by atoms with Crippen LogP contribution in [0.3, 0.4) is 0 Å². The third kappa shape index (κ3) is 3.44. The number of hydrogen-bond acceptors (Lipinski definition) is 4. The molecule has 2 N–H and O–H groups in total. The van der Waals surface area contributed by atoms with E-state index in [1.165, 1.54) is 6.07 Å². The number of carbonyl (C=O) groups excluding carboxylic acids is 2. The predicted octanol–water partition coefficient (Wildman–Crippen LogP) is 3.93. The molecule has 8 rings (SSSR count). The number of piperidine rings is 1. The molecular formula is C28H36FN3O3. The zero-order chi connectivity index (χ0) is 23.9. The molecule has 7 aliphatic rings. The Morgan fingerprint density at radius 2 is 1.86 bits per heavy atom. The van der Waals surface area contributed by atoms with E-state index in [1.807, 2.05) is 0 Å². The van der Waals surface area contributed by atoms with Crippen LogP contribution in [0, 0.1) is 34.9 Å². The Hall–Kier alpha value is -2.15. The number of rotatable bonds is 4. The van der Waals surface area contributed by atoms with Gasteiger partial charge in [0.05, 0.1) is 17.2 Å². The van der Waals surface area contributed by atoms with E-state index in [4.69, 9.17) is 0 Å². The Bertz CT molecular complexity index is 1060. The molecule has 1 aromatic carbocycles. The fraction of sp³-hybridized carbons (Fsp3) is 0.714. The molecule has 3 atom stereocenters. The van der Waals surface area contributed by atoms with Gasteiger partial charge in [-0.3, -0.25) is 9.59 Å². The molecule has 7 heteroatoms. The molecule has 2 aliphatic heterocycles. The van der Waals surface area contributed by atoms with Crippen LogP contribution in [0.25, 0.3) is 0 Å². The number of anilines is 2. The number of nitrogens with one attached hydrogen (secondary N) is 1. The molecule has 1 aromatic rings. The van der Waals surface area contributed by atoms with Crippen molar-refractivity contribution >= 4 is 23.2 Å². The normalized spacial score (nSPS) is 40.1. The van der Waals surface area contributed by atoms with E-state index >= 15 is 4.39 Å². The number of aliphatic hydroxyl groups excluding tert-OH is 1. The minimum absolute atomic E-state index is 0.0251. The standard InChI is InChI=1S/C28H36FN3O3/c29-22-12-21(30-25(34)18-2-3-18)4-5-23(22)31-8-1-6-27(16-31)7-9-32(26(27)35)28-13-17-10-19(14-28)24(33)20(11-17)15-28/h4-5,12,17-20,24,33H,1-3,6-11,13-16H2,(H,30,34). The molecule has 5 aliphatic carbocycles. The number of amides is 2. The minimum atomic E-state index is -0.439. The number of aliphatic hydroxyl groups is 1. The topological polar surface area (TPSA) is 72.9 Å². The zero-order valence-corrected chi connectivity index (χ0v) is 20.3. The number of halogens is 1. The summed E-state index contributed by atoms with van der Waals surface area (Å²) in [5.41, 5.74) is 0.524. The van der Waals surface area contributed by atoms with Crippen molar-refractivity contribution < 1.29 is 19.1 Å². The molecule has 2 saturated heterocycles. The first kappa shape index (κ1) is 22.1. The van der Waals surface area contributed by atoms with Gasteiger partial charge in [0.25, 0.3) is 0 Å². The number of benzene rings is 1. The van der Waals surface area contributed by atoms with Gasteiger partial charge in [0.1, 0.15) is 5.82 Å². The lowest BCUT2D eigenvalue weighted by molar-refractivity contribution is -0.167. The molecule has 7 fully saturated rings. The van der Waals surface area contributed by atoms with E-state index in [9.17, 15) is 14.7 Å². The lowest BCUT2D eigenvalue weighted by atomic mass is 9.51.